The molecule has 0 saturated carbocycles. The van der Waals surface area contributed by atoms with Gasteiger partial charge in [0.2, 0.25) is 0 Å². The minimum Gasteiger partial charge on any atom is -0.381 e. The second-order valence-electron chi connectivity index (χ2n) is 2.68. The van der Waals surface area contributed by atoms with Crippen molar-refractivity contribution < 1.29 is 9.84 Å². The van der Waals surface area contributed by atoms with Gasteiger partial charge in [0.05, 0.1) is 0 Å². The van der Waals surface area contributed by atoms with Crippen molar-refractivity contribution in [3.63, 3.8) is 0 Å². The van der Waals surface area contributed by atoms with E-state index in [4.69, 9.17) is 4.74 Å². The van der Waals surface area contributed by atoms with Gasteiger partial charge in [0.25, 0.3) is 0 Å². The van der Waals surface area contributed by atoms with Gasteiger partial charge in [-0.1, -0.05) is 0 Å². The lowest BCUT2D eigenvalue weighted by atomic mass is 9.99. The van der Waals surface area contributed by atoms with Crippen molar-refractivity contribution in [3.8, 4) is 0 Å². The fourth-order valence-electron chi connectivity index (χ4n) is 1.27. The summed E-state index contributed by atoms with van der Waals surface area (Å²) in [4.78, 5) is 0. The molecule has 1 fully saturated rings. The second-order valence-corrected chi connectivity index (χ2v) is 2.68. The summed E-state index contributed by atoms with van der Waals surface area (Å²) in [5.74, 6) is 0.388. The number of hydrogen-bond acceptors (Lipinski definition) is 3. The molecule has 60 valence electrons. The lowest BCUT2D eigenvalue weighted by Gasteiger charge is -2.25. The number of aliphatic hydroxyl groups is 1. The van der Waals surface area contributed by atoms with E-state index in [9.17, 15) is 5.11 Å². The van der Waals surface area contributed by atoms with E-state index in [-0.39, 0.29) is 6.23 Å². The highest BCUT2D eigenvalue weighted by atomic mass is 16.5. The topological polar surface area (TPSA) is 41.5 Å². The quantitative estimate of drug-likeness (QED) is 0.535. The van der Waals surface area contributed by atoms with Gasteiger partial charge in [-0.3, -0.25) is 5.32 Å². The summed E-state index contributed by atoms with van der Waals surface area (Å²) in [6.45, 7) is 1.59. The molecule has 3 nitrogen and oxygen atoms in total. The normalized spacial score (nSPS) is 24.6. The van der Waals surface area contributed by atoms with E-state index in [1.807, 2.05) is 0 Å². The van der Waals surface area contributed by atoms with Gasteiger partial charge in [-0.25, -0.2) is 0 Å². The summed E-state index contributed by atoms with van der Waals surface area (Å²) in [6.07, 6.45) is 1.60. The number of ether oxygens (including phenoxy) is 1. The minimum atomic E-state index is -0.344. The molecule has 10 heavy (non-hydrogen) atoms. The maximum Gasteiger partial charge on any atom is 0.107 e. The Labute approximate surface area is 61.4 Å². The van der Waals surface area contributed by atoms with Gasteiger partial charge in [0.1, 0.15) is 6.23 Å². The van der Waals surface area contributed by atoms with E-state index < -0.39 is 0 Å². The largest absolute Gasteiger partial charge is 0.381 e. The predicted molar refractivity (Wildman–Crippen MR) is 38.6 cm³/mol. The maximum atomic E-state index is 9.32. The molecule has 0 spiro atoms. The van der Waals surface area contributed by atoms with Gasteiger partial charge >= 0.3 is 0 Å². The van der Waals surface area contributed by atoms with Crippen molar-refractivity contribution in [2.45, 2.75) is 19.1 Å². The molecule has 1 rings (SSSR count). The van der Waals surface area contributed by atoms with E-state index in [2.05, 4.69) is 5.32 Å². The summed E-state index contributed by atoms with van der Waals surface area (Å²) in [5, 5.41) is 12.2. The third-order valence-corrected chi connectivity index (χ3v) is 2.01. The molecule has 0 bridgehead atoms. The molecule has 1 saturated heterocycles. The number of nitrogens with one attached hydrogen (secondary N) is 1. The lowest BCUT2D eigenvalue weighted by molar-refractivity contribution is -0.00257. The molecular formula is C7H15NO2. The van der Waals surface area contributed by atoms with Crippen LogP contribution in [-0.2, 0) is 4.74 Å². The molecule has 0 radical (unpaired) electrons. The van der Waals surface area contributed by atoms with Crippen LogP contribution in [-0.4, -0.2) is 31.6 Å². The molecule has 0 aromatic rings. The van der Waals surface area contributed by atoms with Crippen LogP contribution in [0.4, 0.5) is 0 Å². The van der Waals surface area contributed by atoms with Crippen LogP contribution in [0.3, 0.4) is 0 Å². The van der Waals surface area contributed by atoms with Gasteiger partial charge in [-0.2, -0.15) is 0 Å². The summed E-state index contributed by atoms with van der Waals surface area (Å²) < 4.78 is 5.16. The summed E-state index contributed by atoms with van der Waals surface area (Å²) in [5.41, 5.74) is 0. The first-order valence-electron chi connectivity index (χ1n) is 3.77. The zero-order valence-corrected chi connectivity index (χ0v) is 6.34. The summed E-state index contributed by atoms with van der Waals surface area (Å²) >= 11 is 0. The smallest absolute Gasteiger partial charge is 0.107 e. The Morgan fingerprint density at radius 1 is 1.50 bits per heavy atom. The molecule has 0 amide bonds. The van der Waals surface area contributed by atoms with Crippen LogP contribution in [0.2, 0.25) is 0 Å². The van der Waals surface area contributed by atoms with E-state index in [0.717, 1.165) is 26.1 Å². The molecule has 0 aromatic heterocycles. The Kier molecular flexibility index (Phi) is 3.12. The highest BCUT2D eigenvalue weighted by Crippen LogP contribution is 2.16. The summed E-state index contributed by atoms with van der Waals surface area (Å²) in [7, 11) is 1.78. The van der Waals surface area contributed by atoms with Crippen LogP contribution in [0.1, 0.15) is 12.8 Å². The van der Waals surface area contributed by atoms with Crippen molar-refractivity contribution in [1.29, 1.82) is 0 Å². The zero-order chi connectivity index (χ0) is 7.40. The monoisotopic (exact) mass is 145 g/mol. The Morgan fingerprint density at radius 2 is 2.10 bits per heavy atom. The fourth-order valence-corrected chi connectivity index (χ4v) is 1.27. The molecule has 0 aromatic carbocycles. The molecule has 0 aliphatic carbocycles. The standard InChI is InChI=1S/C7H15NO2/c1-8-7(9)6-2-4-10-5-3-6/h6-9H,2-5H2,1H3. The van der Waals surface area contributed by atoms with Crippen molar-refractivity contribution in [3.05, 3.63) is 0 Å². The van der Waals surface area contributed by atoms with Crippen LogP contribution >= 0.6 is 0 Å². The van der Waals surface area contributed by atoms with Crippen molar-refractivity contribution in [1.82, 2.24) is 5.32 Å². The van der Waals surface area contributed by atoms with Crippen LogP contribution in [0.15, 0.2) is 0 Å². The van der Waals surface area contributed by atoms with Gasteiger partial charge in [-0.05, 0) is 19.9 Å². The Balaban J connectivity index is 2.24. The first-order valence-corrected chi connectivity index (χ1v) is 3.77. The molecule has 3 heteroatoms. The minimum absolute atomic E-state index is 0.344. The maximum absolute atomic E-state index is 9.32. The van der Waals surface area contributed by atoms with Crippen molar-refractivity contribution in [2.75, 3.05) is 20.3 Å². The first kappa shape index (κ1) is 7.98. The van der Waals surface area contributed by atoms with E-state index in [1.54, 1.807) is 7.05 Å². The Bertz CT molecular complexity index is 91.6. The van der Waals surface area contributed by atoms with Crippen molar-refractivity contribution >= 4 is 0 Å². The van der Waals surface area contributed by atoms with Gasteiger partial charge in [0, 0.05) is 19.1 Å². The molecule has 1 atom stereocenters. The third kappa shape index (κ3) is 1.94. The predicted octanol–water partition coefficient (Wildman–Crippen LogP) is -0.0492. The highest BCUT2D eigenvalue weighted by molar-refractivity contribution is 4.68. The van der Waals surface area contributed by atoms with E-state index >= 15 is 0 Å². The van der Waals surface area contributed by atoms with Gasteiger partial charge < -0.3 is 9.84 Å². The van der Waals surface area contributed by atoms with Crippen molar-refractivity contribution in [2.24, 2.45) is 5.92 Å². The Hall–Kier alpha value is -0.120. The van der Waals surface area contributed by atoms with E-state index in [0.29, 0.717) is 5.92 Å². The Morgan fingerprint density at radius 3 is 2.60 bits per heavy atom. The molecule has 1 unspecified atom stereocenters. The molecule has 2 N–H and O–H groups in total. The second kappa shape index (κ2) is 3.91. The van der Waals surface area contributed by atoms with Crippen LogP contribution < -0.4 is 5.32 Å². The number of rotatable bonds is 2. The van der Waals surface area contributed by atoms with Gasteiger partial charge in [0.15, 0.2) is 0 Å². The molecule has 1 heterocycles. The van der Waals surface area contributed by atoms with Crippen LogP contribution in [0, 0.1) is 5.92 Å². The average Bonchev–Trinajstić information content (AvgIpc) is 2.05. The third-order valence-electron chi connectivity index (χ3n) is 2.01. The molecular weight excluding hydrogens is 130 g/mol. The molecule has 1 aliphatic rings. The lowest BCUT2D eigenvalue weighted by Crippen LogP contribution is -2.36. The molecule has 1 aliphatic heterocycles. The van der Waals surface area contributed by atoms with Crippen LogP contribution in [0.25, 0.3) is 0 Å². The summed E-state index contributed by atoms with van der Waals surface area (Å²) in [6, 6.07) is 0. The van der Waals surface area contributed by atoms with E-state index in [1.165, 1.54) is 0 Å². The fraction of sp³-hybridized carbons (Fsp3) is 1.00. The first-order chi connectivity index (χ1) is 4.84. The highest BCUT2D eigenvalue weighted by Gasteiger charge is 2.19. The zero-order valence-electron chi connectivity index (χ0n) is 6.34. The van der Waals surface area contributed by atoms with Gasteiger partial charge in [-0.15, -0.1) is 0 Å². The number of hydrogen-bond donors (Lipinski definition) is 2. The average molecular weight is 145 g/mol. The van der Waals surface area contributed by atoms with Crippen LogP contribution in [0.5, 0.6) is 0 Å². The number of aliphatic hydroxyl groups excluding tert-OH is 1. The SMILES string of the molecule is CNC(O)C1CCOCC1.